The van der Waals surface area contributed by atoms with Gasteiger partial charge in [0.15, 0.2) is 0 Å². The van der Waals surface area contributed by atoms with Crippen molar-refractivity contribution >= 4 is 11.7 Å². The van der Waals surface area contributed by atoms with E-state index in [4.69, 9.17) is 10.6 Å². The maximum Gasteiger partial charge on any atom is 0.254 e. The van der Waals surface area contributed by atoms with Crippen molar-refractivity contribution in [3.8, 4) is 0 Å². The molecule has 1 aromatic rings. The van der Waals surface area contributed by atoms with Gasteiger partial charge in [-0.25, -0.2) is 10.8 Å². The standard InChI is InChI=1S/C13H20N4O2/c1-9-7-17(8-13(2,3)19-9)12(18)10-4-5-15-11(6-10)16-14/h4-6,9H,7-8,14H2,1-3H3,(H,15,16). The molecule has 0 saturated carbocycles. The van der Waals surface area contributed by atoms with Gasteiger partial charge in [-0.1, -0.05) is 0 Å². The summed E-state index contributed by atoms with van der Waals surface area (Å²) in [5.74, 6) is 5.76. The number of nitrogens with two attached hydrogens (primary N) is 1. The number of rotatable bonds is 2. The molecule has 1 saturated heterocycles. The van der Waals surface area contributed by atoms with E-state index in [1.165, 1.54) is 0 Å². The van der Waals surface area contributed by atoms with Crippen molar-refractivity contribution in [3.63, 3.8) is 0 Å². The molecule has 0 radical (unpaired) electrons. The molecule has 19 heavy (non-hydrogen) atoms. The number of anilines is 1. The number of carbonyl (C=O) groups is 1. The Hall–Kier alpha value is -1.66. The average Bonchev–Trinajstić information content (AvgIpc) is 2.35. The first kappa shape index (κ1) is 13.8. The molecule has 1 unspecified atom stereocenters. The maximum absolute atomic E-state index is 12.5. The Kier molecular flexibility index (Phi) is 3.73. The molecule has 0 bridgehead atoms. The van der Waals surface area contributed by atoms with Gasteiger partial charge in [0, 0.05) is 24.8 Å². The Balaban J connectivity index is 2.18. The smallest absolute Gasteiger partial charge is 0.254 e. The molecule has 6 heteroatoms. The van der Waals surface area contributed by atoms with E-state index in [9.17, 15) is 4.79 Å². The fraction of sp³-hybridized carbons (Fsp3) is 0.538. The van der Waals surface area contributed by atoms with Crippen LogP contribution in [0.25, 0.3) is 0 Å². The van der Waals surface area contributed by atoms with Gasteiger partial charge in [-0.05, 0) is 32.9 Å². The minimum absolute atomic E-state index is 0.0258. The number of aromatic nitrogens is 1. The lowest BCUT2D eigenvalue weighted by Gasteiger charge is -2.41. The molecule has 1 aliphatic rings. The molecule has 3 N–H and O–H groups in total. The zero-order valence-electron chi connectivity index (χ0n) is 11.5. The summed E-state index contributed by atoms with van der Waals surface area (Å²) in [7, 11) is 0. The lowest BCUT2D eigenvalue weighted by Crippen LogP contribution is -2.53. The van der Waals surface area contributed by atoms with Gasteiger partial charge in [0.2, 0.25) is 0 Å². The van der Waals surface area contributed by atoms with Crippen LogP contribution in [0.15, 0.2) is 18.3 Å². The van der Waals surface area contributed by atoms with Crippen LogP contribution >= 0.6 is 0 Å². The van der Waals surface area contributed by atoms with Crippen LogP contribution in [0, 0.1) is 0 Å². The van der Waals surface area contributed by atoms with Crippen LogP contribution in [0.4, 0.5) is 5.82 Å². The summed E-state index contributed by atoms with van der Waals surface area (Å²) >= 11 is 0. The second kappa shape index (κ2) is 5.14. The van der Waals surface area contributed by atoms with Crippen LogP contribution in [0.5, 0.6) is 0 Å². The van der Waals surface area contributed by atoms with Gasteiger partial charge in [-0.3, -0.25) is 4.79 Å². The highest BCUT2D eigenvalue weighted by atomic mass is 16.5. The van der Waals surface area contributed by atoms with Crippen molar-refractivity contribution in [1.82, 2.24) is 9.88 Å². The molecular weight excluding hydrogens is 244 g/mol. The zero-order chi connectivity index (χ0) is 14.0. The van der Waals surface area contributed by atoms with Crippen molar-refractivity contribution in [3.05, 3.63) is 23.9 Å². The highest BCUT2D eigenvalue weighted by Crippen LogP contribution is 2.22. The van der Waals surface area contributed by atoms with E-state index < -0.39 is 0 Å². The van der Waals surface area contributed by atoms with Gasteiger partial charge in [0.25, 0.3) is 5.91 Å². The third-order valence-corrected chi connectivity index (χ3v) is 3.01. The number of hydrogen-bond acceptors (Lipinski definition) is 5. The number of hydrogen-bond donors (Lipinski definition) is 2. The van der Waals surface area contributed by atoms with Crippen LogP contribution in [-0.4, -0.2) is 40.6 Å². The SMILES string of the molecule is CC1CN(C(=O)c2ccnc(NN)c2)CC(C)(C)O1. The van der Waals surface area contributed by atoms with Gasteiger partial charge in [0.1, 0.15) is 5.82 Å². The Morgan fingerprint density at radius 3 is 3.00 bits per heavy atom. The van der Waals surface area contributed by atoms with Gasteiger partial charge < -0.3 is 15.1 Å². The molecular formula is C13H20N4O2. The monoisotopic (exact) mass is 264 g/mol. The number of nitrogen functional groups attached to an aromatic ring is 1. The van der Waals surface area contributed by atoms with Gasteiger partial charge in [-0.15, -0.1) is 0 Å². The molecule has 1 atom stereocenters. The first-order valence-electron chi connectivity index (χ1n) is 6.31. The van der Waals surface area contributed by atoms with E-state index in [1.54, 1.807) is 18.3 Å². The van der Waals surface area contributed by atoms with E-state index in [0.29, 0.717) is 24.5 Å². The van der Waals surface area contributed by atoms with Gasteiger partial charge >= 0.3 is 0 Å². The van der Waals surface area contributed by atoms with Crippen LogP contribution < -0.4 is 11.3 Å². The minimum atomic E-state index is -0.324. The molecule has 1 aromatic heterocycles. The number of nitrogens with zero attached hydrogens (tertiary/aromatic N) is 2. The van der Waals surface area contributed by atoms with Crippen LogP contribution in [0.3, 0.4) is 0 Å². The van der Waals surface area contributed by atoms with E-state index in [0.717, 1.165) is 0 Å². The normalized spacial score (nSPS) is 22.1. The summed E-state index contributed by atoms with van der Waals surface area (Å²) in [6.45, 7) is 7.12. The number of morpholine rings is 1. The largest absolute Gasteiger partial charge is 0.369 e. The van der Waals surface area contributed by atoms with Crippen molar-refractivity contribution in [2.75, 3.05) is 18.5 Å². The highest BCUT2D eigenvalue weighted by molar-refractivity contribution is 5.95. The second-order valence-corrected chi connectivity index (χ2v) is 5.45. The second-order valence-electron chi connectivity index (χ2n) is 5.45. The molecule has 104 valence electrons. The van der Waals surface area contributed by atoms with E-state index in [-0.39, 0.29) is 17.6 Å². The summed E-state index contributed by atoms with van der Waals surface area (Å²) in [6.07, 6.45) is 1.60. The maximum atomic E-state index is 12.5. The van der Waals surface area contributed by atoms with Crippen LogP contribution in [0.1, 0.15) is 31.1 Å². The summed E-state index contributed by atoms with van der Waals surface area (Å²) in [4.78, 5) is 18.3. The molecule has 1 fully saturated rings. The van der Waals surface area contributed by atoms with E-state index >= 15 is 0 Å². The lowest BCUT2D eigenvalue weighted by atomic mass is 10.0. The molecule has 0 aliphatic carbocycles. The summed E-state index contributed by atoms with van der Waals surface area (Å²) < 4.78 is 5.80. The number of nitrogens with one attached hydrogen (secondary N) is 1. The predicted molar refractivity (Wildman–Crippen MR) is 72.6 cm³/mol. The first-order chi connectivity index (χ1) is 8.91. The Morgan fingerprint density at radius 2 is 2.37 bits per heavy atom. The summed E-state index contributed by atoms with van der Waals surface area (Å²) in [5.41, 5.74) is 2.70. The Labute approximate surface area is 112 Å². The lowest BCUT2D eigenvalue weighted by molar-refractivity contribution is -0.118. The number of ether oxygens (including phenoxy) is 1. The molecule has 1 aliphatic heterocycles. The number of pyridine rings is 1. The topological polar surface area (TPSA) is 80.5 Å². The van der Waals surface area contributed by atoms with Crippen molar-refractivity contribution in [2.24, 2.45) is 5.84 Å². The molecule has 0 aromatic carbocycles. The van der Waals surface area contributed by atoms with Crippen molar-refractivity contribution < 1.29 is 9.53 Å². The minimum Gasteiger partial charge on any atom is -0.369 e. The summed E-state index contributed by atoms with van der Waals surface area (Å²) in [5, 5.41) is 0. The third kappa shape index (κ3) is 3.21. The van der Waals surface area contributed by atoms with E-state index in [2.05, 4.69) is 10.4 Å². The van der Waals surface area contributed by atoms with Crippen molar-refractivity contribution in [1.29, 1.82) is 0 Å². The van der Waals surface area contributed by atoms with Crippen LogP contribution in [-0.2, 0) is 4.74 Å². The fourth-order valence-corrected chi connectivity index (χ4v) is 2.43. The summed E-state index contributed by atoms with van der Waals surface area (Å²) in [6, 6.07) is 3.34. The zero-order valence-corrected chi connectivity index (χ0v) is 11.5. The van der Waals surface area contributed by atoms with Crippen LogP contribution in [0.2, 0.25) is 0 Å². The number of amides is 1. The molecule has 2 rings (SSSR count). The van der Waals surface area contributed by atoms with Gasteiger partial charge in [0.05, 0.1) is 11.7 Å². The van der Waals surface area contributed by atoms with Crippen molar-refractivity contribution in [2.45, 2.75) is 32.5 Å². The quantitative estimate of drug-likeness (QED) is 0.615. The van der Waals surface area contributed by atoms with E-state index in [1.807, 2.05) is 25.7 Å². The predicted octanol–water partition coefficient (Wildman–Crippen LogP) is 1.01. The van der Waals surface area contributed by atoms with Gasteiger partial charge in [-0.2, -0.15) is 0 Å². The number of hydrazine groups is 1. The molecule has 6 nitrogen and oxygen atoms in total. The first-order valence-corrected chi connectivity index (χ1v) is 6.31. The number of carbonyl (C=O) groups excluding carboxylic acids is 1. The molecule has 0 spiro atoms. The average molecular weight is 264 g/mol. The Morgan fingerprint density at radius 1 is 1.63 bits per heavy atom. The molecule has 1 amide bonds. The third-order valence-electron chi connectivity index (χ3n) is 3.01. The highest BCUT2D eigenvalue weighted by Gasteiger charge is 2.34. The molecule has 2 heterocycles. The fourth-order valence-electron chi connectivity index (χ4n) is 2.43. The Bertz CT molecular complexity index is 475.